The van der Waals surface area contributed by atoms with Gasteiger partial charge in [0.25, 0.3) is 0 Å². The molecule has 12 heteroatoms. The van der Waals surface area contributed by atoms with Crippen molar-refractivity contribution in [3.8, 4) is 22.7 Å². The molecule has 1 aromatic carbocycles. The first-order chi connectivity index (χ1) is 23.0. The molecule has 0 spiro atoms. The summed E-state index contributed by atoms with van der Waals surface area (Å²) in [4.78, 5) is 45.4. The van der Waals surface area contributed by atoms with Gasteiger partial charge in [0, 0.05) is 43.5 Å². The lowest BCUT2D eigenvalue weighted by Crippen LogP contribution is -2.58. The molecular formula is C36H41FN6O5. The van der Waals surface area contributed by atoms with E-state index in [0.717, 1.165) is 0 Å². The van der Waals surface area contributed by atoms with Gasteiger partial charge in [-0.2, -0.15) is 4.98 Å². The SMILES string of the molecule is C=CC(=O)N1C[C@H](C)N(c2nc(=O)n3c4nc(c(C)cc24)-c2c(F)cccc2OCC(O)C(OCC)c2ccnc(C(C)C)c2-3)C[C@H]1C. The van der Waals surface area contributed by atoms with Gasteiger partial charge in [0.1, 0.15) is 36.2 Å². The highest BCUT2D eigenvalue weighted by atomic mass is 19.1. The van der Waals surface area contributed by atoms with E-state index < -0.39 is 23.7 Å². The lowest BCUT2D eigenvalue weighted by atomic mass is 9.97. The number of anilines is 1. The van der Waals surface area contributed by atoms with Crippen LogP contribution in [0.4, 0.5) is 10.2 Å². The van der Waals surface area contributed by atoms with Crippen molar-refractivity contribution >= 4 is 22.8 Å². The van der Waals surface area contributed by atoms with Crippen LogP contribution in [0.3, 0.4) is 0 Å². The van der Waals surface area contributed by atoms with Crippen LogP contribution in [0.15, 0.2) is 54.0 Å². The lowest BCUT2D eigenvalue weighted by molar-refractivity contribution is -0.128. The Morgan fingerprint density at radius 3 is 2.69 bits per heavy atom. The van der Waals surface area contributed by atoms with Gasteiger partial charge in [0.2, 0.25) is 5.91 Å². The first-order valence-electron chi connectivity index (χ1n) is 16.3. The Balaban J connectivity index is 1.73. The molecule has 252 valence electrons. The number of nitrogens with zero attached hydrogens (tertiary/aromatic N) is 6. The molecular weight excluding hydrogens is 615 g/mol. The molecule has 0 saturated carbocycles. The number of pyridine rings is 2. The van der Waals surface area contributed by atoms with Gasteiger partial charge in [-0.1, -0.05) is 26.5 Å². The summed E-state index contributed by atoms with van der Waals surface area (Å²) in [5.74, 6) is -0.261. The van der Waals surface area contributed by atoms with Crippen LogP contribution in [0.25, 0.3) is 28.0 Å². The van der Waals surface area contributed by atoms with Crippen LogP contribution < -0.4 is 15.3 Å². The van der Waals surface area contributed by atoms with Crippen molar-refractivity contribution < 1.29 is 23.8 Å². The fraction of sp³-hybridized carbons (Fsp3) is 0.417. The molecule has 0 aliphatic carbocycles. The Kier molecular flexibility index (Phi) is 9.06. The second-order valence-corrected chi connectivity index (χ2v) is 12.8. The third-order valence-corrected chi connectivity index (χ3v) is 9.13. The van der Waals surface area contributed by atoms with E-state index in [2.05, 4.69) is 11.6 Å². The number of ether oxygens (including phenoxy) is 2. The summed E-state index contributed by atoms with van der Waals surface area (Å²) in [6, 6.07) is 7.70. The summed E-state index contributed by atoms with van der Waals surface area (Å²) >= 11 is 0. The number of hydrogen-bond acceptors (Lipinski definition) is 9. The number of fused-ring (bicyclic) bond motifs is 5. The molecule has 6 rings (SSSR count). The maximum Gasteiger partial charge on any atom is 0.355 e. The average molecular weight is 657 g/mol. The van der Waals surface area contributed by atoms with E-state index in [1.807, 2.05) is 52.5 Å². The lowest BCUT2D eigenvalue weighted by Gasteiger charge is -2.44. The highest BCUT2D eigenvalue weighted by Crippen LogP contribution is 2.40. The van der Waals surface area contributed by atoms with Crippen LogP contribution in [-0.2, 0) is 9.53 Å². The summed E-state index contributed by atoms with van der Waals surface area (Å²) in [6.45, 7) is 16.0. The van der Waals surface area contributed by atoms with Crippen molar-refractivity contribution in [2.75, 3.05) is 31.2 Å². The van der Waals surface area contributed by atoms with E-state index in [1.165, 1.54) is 22.8 Å². The van der Waals surface area contributed by atoms with Gasteiger partial charge in [-0.25, -0.2) is 18.7 Å². The Morgan fingerprint density at radius 2 is 1.98 bits per heavy atom. The fourth-order valence-corrected chi connectivity index (χ4v) is 6.84. The monoisotopic (exact) mass is 656 g/mol. The van der Waals surface area contributed by atoms with Crippen LogP contribution in [0, 0.1) is 12.7 Å². The maximum absolute atomic E-state index is 15.8. The van der Waals surface area contributed by atoms with Gasteiger partial charge in [-0.3, -0.25) is 9.78 Å². The molecule has 2 unspecified atom stereocenters. The van der Waals surface area contributed by atoms with Gasteiger partial charge < -0.3 is 24.4 Å². The van der Waals surface area contributed by atoms with Crippen molar-refractivity contribution in [1.82, 2.24) is 24.4 Å². The van der Waals surface area contributed by atoms with Crippen molar-refractivity contribution in [3.63, 3.8) is 0 Å². The third-order valence-electron chi connectivity index (χ3n) is 9.13. The molecule has 1 fully saturated rings. The van der Waals surface area contributed by atoms with Gasteiger partial charge in [0.05, 0.1) is 28.0 Å². The molecule has 3 aromatic heterocycles. The van der Waals surface area contributed by atoms with Crippen molar-refractivity contribution in [1.29, 1.82) is 0 Å². The molecule has 1 amide bonds. The van der Waals surface area contributed by atoms with E-state index in [9.17, 15) is 14.7 Å². The zero-order valence-corrected chi connectivity index (χ0v) is 28.1. The number of carbonyl (C=O) groups excluding carboxylic acids is 1. The molecule has 2 bridgehead atoms. The molecule has 0 radical (unpaired) electrons. The van der Waals surface area contributed by atoms with E-state index in [4.69, 9.17) is 19.4 Å². The number of aliphatic hydroxyl groups is 1. The van der Waals surface area contributed by atoms with Gasteiger partial charge in [-0.15, -0.1) is 0 Å². The number of rotatable bonds is 5. The van der Waals surface area contributed by atoms with Gasteiger partial charge >= 0.3 is 5.69 Å². The second kappa shape index (κ2) is 13.1. The van der Waals surface area contributed by atoms with Crippen molar-refractivity contribution in [2.45, 2.75) is 71.8 Å². The smallest absolute Gasteiger partial charge is 0.355 e. The molecule has 4 atom stereocenters. The summed E-state index contributed by atoms with van der Waals surface area (Å²) in [5, 5.41) is 12.1. The highest BCUT2D eigenvalue weighted by Gasteiger charge is 2.36. The Labute approximate surface area is 278 Å². The van der Waals surface area contributed by atoms with Crippen LogP contribution >= 0.6 is 0 Å². The zero-order valence-electron chi connectivity index (χ0n) is 28.1. The Hall–Kier alpha value is -4.68. The molecule has 5 heterocycles. The number of piperazine rings is 1. The first kappa shape index (κ1) is 33.2. The Morgan fingerprint density at radius 1 is 1.21 bits per heavy atom. The van der Waals surface area contributed by atoms with Crippen molar-refractivity contribution in [2.24, 2.45) is 0 Å². The molecule has 4 aromatic rings. The van der Waals surface area contributed by atoms with Crippen LogP contribution in [0.1, 0.15) is 63.5 Å². The van der Waals surface area contributed by atoms with Crippen molar-refractivity contribution in [3.05, 3.63) is 82.3 Å². The number of aromatic nitrogens is 4. The maximum atomic E-state index is 15.8. The van der Waals surface area contributed by atoms with E-state index in [1.54, 1.807) is 23.2 Å². The minimum absolute atomic E-state index is 0.115. The quantitative estimate of drug-likeness (QED) is 0.300. The molecule has 48 heavy (non-hydrogen) atoms. The second-order valence-electron chi connectivity index (χ2n) is 12.8. The number of halogens is 1. The summed E-state index contributed by atoms with van der Waals surface area (Å²) in [7, 11) is 0. The van der Waals surface area contributed by atoms with E-state index in [0.29, 0.717) is 46.8 Å². The largest absolute Gasteiger partial charge is 0.490 e. The molecule has 2 aliphatic rings. The number of aryl methyl sites for hydroxylation is 1. The van der Waals surface area contributed by atoms with Gasteiger partial charge in [-0.05, 0) is 69.5 Å². The third kappa shape index (κ3) is 5.62. The predicted molar refractivity (Wildman–Crippen MR) is 181 cm³/mol. The zero-order chi connectivity index (χ0) is 34.4. The van der Waals surface area contributed by atoms with Crippen LogP contribution in [0.5, 0.6) is 5.75 Å². The molecule has 11 nitrogen and oxygen atoms in total. The Bertz CT molecular complexity index is 1960. The highest BCUT2D eigenvalue weighted by molar-refractivity contribution is 5.92. The standard InChI is InChI=1S/C36H41FN6O5/c1-8-28(45)41-16-22(7)42(17-21(41)6)34-24-15-20(5)31-29-25(37)11-10-12-27(29)48-18-26(44)33(47-9-2)23-13-14-38-30(19(3)4)32(23)43(35(24)39-31)36(46)40-34/h8,10-15,19,21-22,26,33,44H,1,9,16-18H2,2-7H3/t21-,22+,26?,33?/m1/s1. The average Bonchev–Trinajstić information content (AvgIpc) is 3.06. The number of carbonyl (C=O) groups is 1. The number of benzene rings is 1. The van der Waals surface area contributed by atoms with Crippen LogP contribution in [-0.4, -0.2) is 79.9 Å². The predicted octanol–water partition coefficient (Wildman–Crippen LogP) is 4.86. The number of hydrogen-bond donors (Lipinski definition) is 1. The van der Waals surface area contributed by atoms with Gasteiger partial charge in [0.15, 0.2) is 5.65 Å². The fourth-order valence-electron chi connectivity index (χ4n) is 6.84. The molecule has 2 aliphatic heterocycles. The normalized spacial score (nSPS) is 20.9. The summed E-state index contributed by atoms with van der Waals surface area (Å²) in [6.07, 6.45) is 0.826. The van der Waals surface area contributed by atoms with E-state index >= 15 is 4.39 Å². The molecule has 1 N–H and O–H groups in total. The first-order valence-corrected chi connectivity index (χ1v) is 16.3. The minimum atomic E-state index is -1.19. The minimum Gasteiger partial charge on any atom is -0.490 e. The number of aliphatic hydroxyl groups excluding tert-OH is 1. The topological polar surface area (TPSA) is 123 Å². The van der Waals surface area contributed by atoms with E-state index in [-0.39, 0.29) is 59.8 Å². The number of amides is 1. The molecule has 1 saturated heterocycles. The summed E-state index contributed by atoms with van der Waals surface area (Å²) in [5.41, 5.74) is 2.16. The summed E-state index contributed by atoms with van der Waals surface area (Å²) < 4.78 is 29.4. The van der Waals surface area contributed by atoms with Crippen LogP contribution in [0.2, 0.25) is 0 Å².